The van der Waals surface area contributed by atoms with Gasteiger partial charge in [0.1, 0.15) is 11.9 Å². The van der Waals surface area contributed by atoms with Crippen molar-refractivity contribution in [3.63, 3.8) is 0 Å². The fourth-order valence-electron chi connectivity index (χ4n) is 2.07. The molecule has 3 nitrogen and oxygen atoms in total. The molecule has 0 spiro atoms. The zero-order valence-electron chi connectivity index (χ0n) is 11.1. The van der Waals surface area contributed by atoms with Crippen LogP contribution >= 0.6 is 0 Å². The van der Waals surface area contributed by atoms with Crippen molar-refractivity contribution in [1.29, 1.82) is 0 Å². The summed E-state index contributed by atoms with van der Waals surface area (Å²) in [6, 6.07) is 8.47. The molecular formula is C15H21NO2. The molecule has 2 rings (SSSR count). The molecule has 1 aliphatic heterocycles. The van der Waals surface area contributed by atoms with E-state index in [-0.39, 0.29) is 0 Å². The van der Waals surface area contributed by atoms with Crippen molar-refractivity contribution in [3.8, 4) is 5.75 Å². The molecule has 0 fully saturated rings. The average Bonchev–Trinajstić information content (AvgIpc) is 2.46. The molecule has 0 aliphatic carbocycles. The molecule has 1 N–H and O–H groups in total. The third kappa shape index (κ3) is 3.50. The van der Waals surface area contributed by atoms with Crippen LogP contribution in [0.1, 0.15) is 31.4 Å². The summed E-state index contributed by atoms with van der Waals surface area (Å²) >= 11 is 0. The standard InChI is InChI=1S/C15H21NO2/c1-12(13-6-5-8-14(10-13)17-2)16-11-15-7-3-4-9-18-15/h4-6,8-10,12,15-16H,3,7,11H2,1-2H3/t12-,15?/m1/s1. The lowest BCUT2D eigenvalue weighted by Crippen LogP contribution is -2.31. The van der Waals surface area contributed by atoms with E-state index in [9.17, 15) is 0 Å². The highest BCUT2D eigenvalue weighted by molar-refractivity contribution is 5.30. The Labute approximate surface area is 109 Å². The SMILES string of the molecule is COc1cccc([C@@H](C)NCC2CCC=CO2)c1. The van der Waals surface area contributed by atoms with Crippen molar-refractivity contribution in [2.45, 2.75) is 31.9 Å². The molecule has 0 radical (unpaired) electrons. The summed E-state index contributed by atoms with van der Waals surface area (Å²) in [5.74, 6) is 0.901. The molecule has 2 atom stereocenters. The second-order valence-corrected chi connectivity index (χ2v) is 4.61. The van der Waals surface area contributed by atoms with E-state index in [0.29, 0.717) is 12.1 Å². The van der Waals surface area contributed by atoms with Gasteiger partial charge in [-0.05, 0) is 43.5 Å². The highest BCUT2D eigenvalue weighted by Gasteiger charge is 2.13. The Morgan fingerprint density at radius 2 is 2.39 bits per heavy atom. The molecule has 0 amide bonds. The molecule has 0 bridgehead atoms. The zero-order valence-corrected chi connectivity index (χ0v) is 11.1. The lowest BCUT2D eigenvalue weighted by molar-refractivity contribution is 0.120. The van der Waals surface area contributed by atoms with Gasteiger partial charge in [0.15, 0.2) is 0 Å². The van der Waals surface area contributed by atoms with Crippen LogP contribution in [0.5, 0.6) is 5.75 Å². The van der Waals surface area contributed by atoms with E-state index in [0.717, 1.165) is 25.1 Å². The monoisotopic (exact) mass is 247 g/mol. The summed E-state index contributed by atoms with van der Waals surface area (Å²) < 4.78 is 10.8. The molecule has 1 aromatic carbocycles. The summed E-state index contributed by atoms with van der Waals surface area (Å²) in [5.41, 5.74) is 1.24. The third-order valence-electron chi connectivity index (χ3n) is 3.27. The van der Waals surface area contributed by atoms with E-state index in [1.165, 1.54) is 5.56 Å². The molecule has 0 saturated heterocycles. The zero-order chi connectivity index (χ0) is 12.8. The van der Waals surface area contributed by atoms with E-state index < -0.39 is 0 Å². The van der Waals surface area contributed by atoms with E-state index in [1.54, 1.807) is 7.11 Å². The van der Waals surface area contributed by atoms with Gasteiger partial charge in [-0.15, -0.1) is 0 Å². The first-order valence-corrected chi connectivity index (χ1v) is 6.47. The predicted octanol–water partition coefficient (Wildman–Crippen LogP) is 3.04. The summed E-state index contributed by atoms with van der Waals surface area (Å²) in [4.78, 5) is 0. The van der Waals surface area contributed by atoms with E-state index in [1.807, 2.05) is 18.4 Å². The Bertz CT molecular complexity index is 403. The van der Waals surface area contributed by atoms with Crippen molar-refractivity contribution >= 4 is 0 Å². The van der Waals surface area contributed by atoms with Crippen molar-refractivity contribution in [3.05, 3.63) is 42.2 Å². The maximum atomic E-state index is 5.54. The number of allylic oxidation sites excluding steroid dienone is 1. The molecule has 98 valence electrons. The summed E-state index contributed by atoms with van der Waals surface area (Å²) in [7, 11) is 1.69. The highest BCUT2D eigenvalue weighted by Crippen LogP contribution is 2.19. The van der Waals surface area contributed by atoms with Gasteiger partial charge in [0.05, 0.1) is 13.4 Å². The third-order valence-corrected chi connectivity index (χ3v) is 3.27. The van der Waals surface area contributed by atoms with Crippen LogP contribution < -0.4 is 10.1 Å². The number of ether oxygens (including phenoxy) is 2. The van der Waals surface area contributed by atoms with Crippen LogP contribution in [0.25, 0.3) is 0 Å². The molecule has 3 heteroatoms. The van der Waals surface area contributed by atoms with Crippen LogP contribution in [0, 0.1) is 0 Å². The summed E-state index contributed by atoms with van der Waals surface area (Å²) in [6.45, 7) is 3.04. The van der Waals surface area contributed by atoms with Crippen molar-refractivity contribution in [1.82, 2.24) is 5.32 Å². The number of methoxy groups -OCH3 is 1. The highest BCUT2D eigenvalue weighted by atomic mass is 16.5. The second kappa shape index (κ2) is 6.45. The number of rotatable bonds is 5. The Morgan fingerprint density at radius 3 is 3.11 bits per heavy atom. The number of benzene rings is 1. The lowest BCUT2D eigenvalue weighted by Gasteiger charge is -2.22. The molecular weight excluding hydrogens is 226 g/mol. The second-order valence-electron chi connectivity index (χ2n) is 4.61. The topological polar surface area (TPSA) is 30.5 Å². The van der Waals surface area contributed by atoms with E-state index in [4.69, 9.17) is 9.47 Å². The lowest BCUT2D eigenvalue weighted by atomic mass is 10.1. The molecule has 1 aliphatic rings. The van der Waals surface area contributed by atoms with E-state index >= 15 is 0 Å². The van der Waals surface area contributed by atoms with Gasteiger partial charge in [-0.2, -0.15) is 0 Å². The fourth-order valence-corrected chi connectivity index (χ4v) is 2.07. The maximum absolute atomic E-state index is 5.54. The first-order valence-electron chi connectivity index (χ1n) is 6.47. The van der Waals surface area contributed by atoms with E-state index in [2.05, 4.69) is 30.4 Å². The molecule has 1 heterocycles. The molecule has 0 aromatic heterocycles. The molecule has 18 heavy (non-hydrogen) atoms. The van der Waals surface area contributed by atoms with Crippen molar-refractivity contribution < 1.29 is 9.47 Å². The molecule has 0 saturated carbocycles. The first kappa shape index (κ1) is 13.0. The van der Waals surface area contributed by atoms with Crippen LogP contribution in [0.2, 0.25) is 0 Å². The van der Waals surface area contributed by atoms with Crippen LogP contribution in [-0.2, 0) is 4.74 Å². The minimum absolute atomic E-state index is 0.294. The van der Waals surface area contributed by atoms with Gasteiger partial charge < -0.3 is 14.8 Å². The van der Waals surface area contributed by atoms with Crippen LogP contribution in [-0.4, -0.2) is 19.8 Å². The Balaban J connectivity index is 1.86. The average molecular weight is 247 g/mol. The largest absolute Gasteiger partial charge is 0.497 e. The van der Waals surface area contributed by atoms with Gasteiger partial charge in [0.2, 0.25) is 0 Å². The number of nitrogens with one attached hydrogen (secondary N) is 1. The number of hydrogen-bond acceptors (Lipinski definition) is 3. The quantitative estimate of drug-likeness (QED) is 0.867. The normalized spacial score (nSPS) is 20.2. The van der Waals surface area contributed by atoms with Gasteiger partial charge >= 0.3 is 0 Å². The minimum atomic E-state index is 0.294. The number of hydrogen-bond donors (Lipinski definition) is 1. The van der Waals surface area contributed by atoms with Crippen LogP contribution in [0.3, 0.4) is 0 Å². The Hall–Kier alpha value is -1.48. The van der Waals surface area contributed by atoms with Crippen LogP contribution in [0.4, 0.5) is 0 Å². The summed E-state index contributed by atoms with van der Waals surface area (Å²) in [5, 5.41) is 3.51. The first-order chi connectivity index (χ1) is 8.79. The Kier molecular flexibility index (Phi) is 4.65. The van der Waals surface area contributed by atoms with Gasteiger partial charge in [-0.3, -0.25) is 0 Å². The molecule has 1 unspecified atom stereocenters. The summed E-state index contributed by atoms with van der Waals surface area (Å²) in [6.07, 6.45) is 6.38. The maximum Gasteiger partial charge on any atom is 0.119 e. The van der Waals surface area contributed by atoms with Crippen molar-refractivity contribution in [2.75, 3.05) is 13.7 Å². The predicted molar refractivity (Wildman–Crippen MR) is 72.7 cm³/mol. The molecule has 1 aromatic rings. The Morgan fingerprint density at radius 1 is 1.50 bits per heavy atom. The van der Waals surface area contributed by atoms with Gasteiger partial charge in [-0.25, -0.2) is 0 Å². The fraction of sp³-hybridized carbons (Fsp3) is 0.467. The van der Waals surface area contributed by atoms with Gasteiger partial charge in [0.25, 0.3) is 0 Å². The van der Waals surface area contributed by atoms with Gasteiger partial charge in [0, 0.05) is 12.6 Å². The smallest absolute Gasteiger partial charge is 0.119 e. The van der Waals surface area contributed by atoms with Crippen LogP contribution in [0.15, 0.2) is 36.6 Å². The van der Waals surface area contributed by atoms with Crippen molar-refractivity contribution in [2.24, 2.45) is 0 Å². The van der Waals surface area contributed by atoms with Gasteiger partial charge in [-0.1, -0.05) is 12.1 Å². The minimum Gasteiger partial charge on any atom is -0.497 e.